The molecule has 0 atom stereocenters. The van der Waals surface area contributed by atoms with Crippen LogP contribution in [0.2, 0.25) is 5.02 Å². The predicted molar refractivity (Wildman–Crippen MR) is 129 cm³/mol. The van der Waals surface area contributed by atoms with Gasteiger partial charge >= 0.3 is 5.97 Å². The molecule has 0 bridgehead atoms. The molecule has 0 unspecified atom stereocenters. The third kappa shape index (κ3) is 5.71. The summed E-state index contributed by atoms with van der Waals surface area (Å²) in [5.41, 5.74) is 3.28. The second-order valence-electron chi connectivity index (χ2n) is 7.60. The first-order valence-electron chi connectivity index (χ1n) is 9.91. The average Bonchev–Trinajstić information content (AvgIpc) is 2.73. The van der Waals surface area contributed by atoms with Crippen LogP contribution in [0.15, 0.2) is 59.5 Å². The van der Waals surface area contributed by atoms with Gasteiger partial charge in [-0.1, -0.05) is 23.7 Å². The number of ether oxygens (including phenoxy) is 1. The minimum absolute atomic E-state index is 0.0243. The second kappa shape index (κ2) is 9.64. The fraction of sp³-hybridized carbons (Fsp3) is 0.167. The Morgan fingerprint density at radius 2 is 1.52 bits per heavy atom. The highest BCUT2D eigenvalue weighted by molar-refractivity contribution is 7.92. The summed E-state index contributed by atoms with van der Waals surface area (Å²) in [6.45, 7) is 5.40. The van der Waals surface area contributed by atoms with Crippen LogP contribution in [-0.4, -0.2) is 27.4 Å². The Balaban J connectivity index is 1.91. The minimum Gasteiger partial charge on any atom is -0.465 e. The first-order chi connectivity index (χ1) is 15.5. The number of amides is 1. The maximum absolute atomic E-state index is 13.1. The van der Waals surface area contributed by atoms with Crippen LogP contribution in [0.3, 0.4) is 0 Å². The number of anilines is 2. The first-order valence-corrected chi connectivity index (χ1v) is 11.8. The number of carbonyl (C=O) groups excluding carboxylic acids is 2. The second-order valence-corrected chi connectivity index (χ2v) is 9.66. The van der Waals surface area contributed by atoms with Gasteiger partial charge in [-0.25, -0.2) is 13.2 Å². The number of nitrogens with one attached hydrogen (secondary N) is 2. The van der Waals surface area contributed by atoms with E-state index in [-0.39, 0.29) is 26.7 Å². The van der Waals surface area contributed by atoms with Gasteiger partial charge in [0, 0.05) is 11.3 Å². The summed E-state index contributed by atoms with van der Waals surface area (Å²) in [5.74, 6) is -1.16. The fourth-order valence-electron chi connectivity index (χ4n) is 3.33. The summed E-state index contributed by atoms with van der Waals surface area (Å²) in [6, 6.07) is 14.1. The molecule has 3 aromatic carbocycles. The highest BCUT2D eigenvalue weighted by Gasteiger charge is 2.20. The van der Waals surface area contributed by atoms with E-state index in [1.165, 1.54) is 37.4 Å². The van der Waals surface area contributed by atoms with E-state index >= 15 is 0 Å². The molecule has 0 aliphatic rings. The van der Waals surface area contributed by atoms with Crippen molar-refractivity contribution in [2.75, 3.05) is 17.1 Å². The molecule has 7 nitrogen and oxygen atoms in total. The summed E-state index contributed by atoms with van der Waals surface area (Å²) >= 11 is 6.15. The van der Waals surface area contributed by atoms with Gasteiger partial charge in [-0.3, -0.25) is 9.52 Å². The van der Waals surface area contributed by atoms with E-state index in [4.69, 9.17) is 11.6 Å². The molecule has 172 valence electrons. The van der Waals surface area contributed by atoms with Crippen molar-refractivity contribution in [2.45, 2.75) is 25.7 Å². The highest BCUT2D eigenvalue weighted by Crippen LogP contribution is 2.26. The van der Waals surface area contributed by atoms with E-state index < -0.39 is 21.9 Å². The zero-order valence-electron chi connectivity index (χ0n) is 18.5. The van der Waals surface area contributed by atoms with Crippen molar-refractivity contribution < 1.29 is 22.7 Å². The lowest BCUT2D eigenvalue weighted by Gasteiger charge is -2.14. The Hall–Kier alpha value is -3.36. The molecule has 0 spiro atoms. The third-order valence-corrected chi connectivity index (χ3v) is 6.70. The van der Waals surface area contributed by atoms with Crippen molar-refractivity contribution >= 4 is 44.9 Å². The molecule has 0 heterocycles. The molecule has 0 saturated heterocycles. The van der Waals surface area contributed by atoms with Crippen molar-refractivity contribution in [3.8, 4) is 0 Å². The molecule has 1 amide bonds. The predicted octanol–water partition coefficient (Wildman–Crippen LogP) is 5.10. The maximum atomic E-state index is 13.1. The normalized spacial score (nSPS) is 11.1. The summed E-state index contributed by atoms with van der Waals surface area (Å²) in [6.07, 6.45) is 0. The number of rotatable bonds is 6. The monoisotopic (exact) mass is 486 g/mol. The van der Waals surface area contributed by atoms with E-state index in [1.807, 2.05) is 19.9 Å². The van der Waals surface area contributed by atoms with E-state index in [0.717, 1.165) is 11.1 Å². The lowest BCUT2D eigenvalue weighted by molar-refractivity contribution is 0.0600. The fourth-order valence-corrected chi connectivity index (χ4v) is 4.81. The number of esters is 1. The molecule has 0 aromatic heterocycles. The quantitative estimate of drug-likeness (QED) is 0.472. The SMILES string of the molecule is COC(=O)c1ccc(Cl)c(NC(=O)c2ccc(C)c(S(=O)(=O)Nc3cc(C)cc(C)c3)c2)c1. The molecule has 0 fully saturated rings. The Morgan fingerprint density at radius 1 is 0.879 bits per heavy atom. The van der Waals surface area contributed by atoms with Gasteiger partial charge in [0.05, 0.1) is 28.3 Å². The summed E-state index contributed by atoms with van der Waals surface area (Å²) in [4.78, 5) is 24.6. The minimum atomic E-state index is -3.95. The van der Waals surface area contributed by atoms with Crippen LogP contribution in [0.1, 0.15) is 37.4 Å². The highest BCUT2D eigenvalue weighted by atomic mass is 35.5. The lowest BCUT2D eigenvalue weighted by Crippen LogP contribution is -2.17. The molecule has 33 heavy (non-hydrogen) atoms. The molecule has 9 heteroatoms. The van der Waals surface area contributed by atoms with Gasteiger partial charge in [-0.15, -0.1) is 0 Å². The third-order valence-electron chi connectivity index (χ3n) is 4.85. The number of benzene rings is 3. The molecular weight excluding hydrogens is 464 g/mol. The largest absolute Gasteiger partial charge is 0.465 e. The summed E-state index contributed by atoms with van der Waals surface area (Å²) < 4.78 is 33.4. The molecule has 0 saturated carbocycles. The zero-order valence-corrected chi connectivity index (χ0v) is 20.1. The summed E-state index contributed by atoms with van der Waals surface area (Å²) in [7, 11) is -2.71. The van der Waals surface area contributed by atoms with Crippen LogP contribution in [0, 0.1) is 20.8 Å². The van der Waals surface area contributed by atoms with Crippen molar-refractivity contribution in [3.63, 3.8) is 0 Å². The molecular formula is C24H23ClN2O5S. The van der Waals surface area contributed by atoms with Gasteiger partial charge < -0.3 is 10.1 Å². The smallest absolute Gasteiger partial charge is 0.337 e. The van der Waals surface area contributed by atoms with Crippen LogP contribution in [0.4, 0.5) is 11.4 Å². The number of methoxy groups -OCH3 is 1. The van der Waals surface area contributed by atoms with Gasteiger partial charge in [0.15, 0.2) is 0 Å². The number of carbonyl (C=O) groups is 2. The van der Waals surface area contributed by atoms with E-state index in [1.54, 1.807) is 25.1 Å². The Bertz CT molecular complexity index is 1330. The van der Waals surface area contributed by atoms with Crippen LogP contribution in [0.5, 0.6) is 0 Å². The number of hydrogen-bond acceptors (Lipinski definition) is 5. The summed E-state index contributed by atoms with van der Waals surface area (Å²) in [5, 5.41) is 2.83. The maximum Gasteiger partial charge on any atom is 0.337 e. The Kier molecular flexibility index (Phi) is 7.09. The van der Waals surface area contributed by atoms with Gasteiger partial charge in [0.25, 0.3) is 15.9 Å². The topological polar surface area (TPSA) is 102 Å². The Morgan fingerprint density at radius 3 is 2.15 bits per heavy atom. The van der Waals surface area contributed by atoms with Crippen LogP contribution < -0.4 is 10.0 Å². The molecule has 0 aliphatic heterocycles. The van der Waals surface area contributed by atoms with Gasteiger partial charge in [-0.05, 0) is 79.9 Å². The van der Waals surface area contributed by atoms with E-state index in [9.17, 15) is 18.0 Å². The average molecular weight is 487 g/mol. The van der Waals surface area contributed by atoms with Gasteiger partial charge in [0.1, 0.15) is 0 Å². The van der Waals surface area contributed by atoms with Gasteiger partial charge in [0.2, 0.25) is 0 Å². The number of hydrogen-bond donors (Lipinski definition) is 2. The molecule has 3 rings (SSSR count). The number of sulfonamides is 1. The molecule has 0 radical (unpaired) electrons. The van der Waals surface area contributed by atoms with Crippen molar-refractivity contribution in [1.82, 2.24) is 0 Å². The standard InChI is InChI=1S/C24H23ClN2O5S/c1-14-9-15(2)11-19(10-14)27-33(30,31)22-13-17(6-5-16(22)3)23(28)26-21-12-18(24(29)32-4)7-8-20(21)25/h5-13,27H,1-4H3,(H,26,28). The molecule has 2 N–H and O–H groups in total. The van der Waals surface area contributed by atoms with Crippen LogP contribution in [-0.2, 0) is 14.8 Å². The van der Waals surface area contributed by atoms with Crippen molar-refractivity contribution in [2.24, 2.45) is 0 Å². The molecule has 3 aromatic rings. The van der Waals surface area contributed by atoms with E-state index in [2.05, 4.69) is 14.8 Å². The van der Waals surface area contributed by atoms with Crippen LogP contribution in [0.25, 0.3) is 0 Å². The Labute approximate surface area is 197 Å². The zero-order chi connectivity index (χ0) is 24.3. The number of aryl methyl sites for hydroxylation is 3. The number of halogens is 1. The van der Waals surface area contributed by atoms with E-state index in [0.29, 0.717) is 11.3 Å². The molecule has 0 aliphatic carbocycles. The van der Waals surface area contributed by atoms with Crippen LogP contribution >= 0.6 is 11.6 Å². The van der Waals surface area contributed by atoms with Crippen molar-refractivity contribution in [3.05, 3.63) is 87.4 Å². The van der Waals surface area contributed by atoms with Gasteiger partial charge in [-0.2, -0.15) is 0 Å². The van der Waals surface area contributed by atoms with Crippen molar-refractivity contribution in [1.29, 1.82) is 0 Å². The first kappa shape index (κ1) is 24.3. The lowest BCUT2D eigenvalue weighted by atomic mass is 10.1.